The van der Waals surface area contributed by atoms with E-state index >= 15 is 0 Å². The zero-order chi connectivity index (χ0) is 9.26. The van der Waals surface area contributed by atoms with Crippen LogP contribution >= 0.6 is 0 Å². The SMILES string of the molecule is O=C1NCc2ccc(CCO)cc21. The zero-order valence-corrected chi connectivity index (χ0v) is 7.21. The van der Waals surface area contributed by atoms with Crippen molar-refractivity contribution in [3.8, 4) is 0 Å². The van der Waals surface area contributed by atoms with Gasteiger partial charge in [-0.1, -0.05) is 12.1 Å². The third-order valence-electron chi connectivity index (χ3n) is 2.26. The summed E-state index contributed by atoms with van der Waals surface area (Å²) in [4.78, 5) is 11.2. The second-order valence-electron chi connectivity index (χ2n) is 3.15. The molecule has 1 heterocycles. The smallest absolute Gasteiger partial charge is 0.251 e. The number of benzene rings is 1. The van der Waals surface area contributed by atoms with E-state index in [4.69, 9.17) is 5.11 Å². The molecule has 2 N–H and O–H groups in total. The zero-order valence-electron chi connectivity index (χ0n) is 7.21. The van der Waals surface area contributed by atoms with Crippen molar-refractivity contribution in [3.05, 3.63) is 34.9 Å². The first kappa shape index (κ1) is 8.26. The standard InChI is InChI=1S/C10H11NO2/c12-4-3-7-1-2-8-6-11-10(13)9(8)5-7/h1-2,5,12H,3-4,6H2,(H,11,13). The number of nitrogens with one attached hydrogen (secondary N) is 1. The molecule has 1 aromatic carbocycles. The lowest BCUT2D eigenvalue weighted by Crippen LogP contribution is -2.12. The lowest BCUT2D eigenvalue weighted by Gasteiger charge is -2.00. The molecule has 0 fully saturated rings. The van der Waals surface area contributed by atoms with Gasteiger partial charge >= 0.3 is 0 Å². The summed E-state index contributed by atoms with van der Waals surface area (Å²) in [5, 5.41) is 11.5. The molecule has 0 aromatic heterocycles. The van der Waals surface area contributed by atoms with Gasteiger partial charge in [0.15, 0.2) is 0 Å². The highest BCUT2D eigenvalue weighted by molar-refractivity contribution is 5.98. The first-order chi connectivity index (χ1) is 6.31. The number of rotatable bonds is 2. The van der Waals surface area contributed by atoms with Crippen molar-refractivity contribution in [3.63, 3.8) is 0 Å². The summed E-state index contributed by atoms with van der Waals surface area (Å²) >= 11 is 0. The summed E-state index contributed by atoms with van der Waals surface area (Å²) in [6.07, 6.45) is 0.612. The summed E-state index contributed by atoms with van der Waals surface area (Å²) in [7, 11) is 0. The summed E-state index contributed by atoms with van der Waals surface area (Å²) < 4.78 is 0. The van der Waals surface area contributed by atoms with Crippen LogP contribution in [-0.2, 0) is 13.0 Å². The minimum atomic E-state index is -0.00482. The van der Waals surface area contributed by atoms with Crippen molar-refractivity contribution in [1.82, 2.24) is 5.32 Å². The molecule has 0 spiro atoms. The molecule has 0 atom stereocenters. The van der Waals surface area contributed by atoms with Crippen LogP contribution in [0.5, 0.6) is 0 Å². The summed E-state index contributed by atoms with van der Waals surface area (Å²) in [6, 6.07) is 5.75. The lowest BCUT2D eigenvalue weighted by molar-refractivity contribution is 0.0965. The highest BCUT2D eigenvalue weighted by atomic mass is 16.2. The van der Waals surface area contributed by atoms with Gasteiger partial charge in [0.1, 0.15) is 0 Å². The van der Waals surface area contributed by atoms with E-state index in [-0.39, 0.29) is 12.5 Å². The second kappa shape index (κ2) is 3.18. The molecule has 0 saturated carbocycles. The Morgan fingerprint density at radius 1 is 1.46 bits per heavy atom. The van der Waals surface area contributed by atoms with E-state index in [0.29, 0.717) is 13.0 Å². The van der Waals surface area contributed by atoms with Gasteiger partial charge in [-0.3, -0.25) is 4.79 Å². The third-order valence-corrected chi connectivity index (χ3v) is 2.26. The van der Waals surface area contributed by atoms with Crippen LogP contribution < -0.4 is 5.32 Å². The van der Waals surface area contributed by atoms with E-state index in [2.05, 4.69) is 5.32 Å². The molecule has 0 bridgehead atoms. The number of carbonyl (C=O) groups is 1. The highest BCUT2D eigenvalue weighted by Crippen LogP contribution is 2.17. The van der Waals surface area contributed by atoms with Crippen molar-refractivity contribution in [2.75, 3.05) is 6.61 Å². The number of amides is 1. The number of hydrogen-bond acceptors (Lipinski definition) is 2. The van der Waals surface area contributed by atoms with E-state index in [0.717, 1.165) is 16.7 Å². The quantitative estimate of drug-likeness (QED) is 0.689. The number of aliphatic hydroxyl groups is 1. The normalized spacial score (nSPS) is 14.1. The topological polar surface area (TPSA) is 49.3 Å². The molecular weight excluding hydrogens is 166 g/mol. The average molecular weight is 177 g/mol. The highest BCUT2D eigenvalue weighted by Gasteiger charge is 2.18. The summed E-state index contributed by atoms with van der Waals surface area (Å²) in [6.45, 7) is 0.758. The van der Waals surface area contributed by atoms with Gasteiger partial charge < -0.3 is 10.4 Å². The number of aliphatic hydroxyl groups excluding tert-OH is 1. The fourth-order valence-electron chi connectivity index (χ4n) is 1.54. The second-order valence-corrected chi connectivity index (χ2v) is 3.15. The van der Waals surface area contributed by atoms with E-state index in [1.165, 1.54) is 0 Å². The molecule has 0 radical (unpaired) electrons. The van der Waals surface area contributed by atoms with Crippen LogP contribution in [0.25, 0.3) is 0 Å². The Morgan fingerprint density at radius 3 is 3.08 bits per heavy atom. The molecule has 1 aliphatic heterocycles. The van der Waals surface area contributed by atoms with E-state index in [1.54, 1.807) is 0 Å². The van der Waals surface area contributed by atoms with E-state index < -0.39 is 0 Å². The molecule has 0 aliphatic carbocycles. The van der Waals surface area contributed by atoms with Crippen LogP contribution in [0.1, 0.15) is 21.5 Å². The monoisotopic (exact) mass is 177 g/mol. The largest absolute Gasteiger partial charge is 0.396 e. The van der Waals surface area contributed by atoms with Gasteiger partial charge in [-0.05, 0) is 23.6 Å². The van der Waals surface area contributed by atoms with Gasteiger partial charge in [0.25, 0.3) is 5.91 Å². The predicted octanol–water partition coefficient (Wildman–Crippen LogP) is 0.465. The van der Waals surface area contributed by atoms with Crippen LogP contribution in [0.3, 0.4) is 0 Å². The van der Waals surface area contributed by atoms with Crippen molar-refractivity contribution >= 4 is 5.91 Å². The maximum Gasteiger partial charge on any atom is 0.251 e. The van der Waals surface area contributed by atoms with Gasteiger partial charge in [0.05, 0.1) is 0 Å². The van der Waals surface area contributed by atoms with Crippen LogP contribution in [0.4, 0.5) is 0 Å². The van der Waals surface area contributed by atoms with Crippen LogP contribution in [0, 0.1) is 0 Å². The molecule has 68 valence electrons. The minimum Gasteiger partial charge on any atom is -0.396 e. The first-order valence-corrected chi connectivity index (χ1v) is 4.32. The third kappa shape index (κ3) is 1.42. The molecule has 3 heteroatoms. The molecule has 1 aliphatic rings. The van der Waals surface area contributed by atoms with E-state index in [1.807, 2.05) is 18.2 Å². The van der Waals surface area contributed by atoms with Gasteiger partial charge in [-0.15, -0.1) is 0 Å². The molecule has 2 rings (SSSR count). The summed E-state index contributed by atoms with van der Waals surface area (Å²) in [5.74, 6) is -0.00482. The predicted molar refractivity (Wildman–Crippen MR) is 48.4 cm³/mol. The average Bonchev–Trinajstić information content (AvgIpc) is 2.49. The maximum absolute atomic E-state index is 11.2. The number of hydrogen-bond donors (Lipinski definition) is 2. The van der Waals surface area contributed by atoms with Crippen molar-refractivity contribution in [1.29, 1.82) is 0 Å². The van der Waals surface area contributed by atoms with Gasteiger partial charge in [-0.25, -0.2) is 0 Å². The minimum absolute atomic E-state index is 0.00482. The molecule has 13 heavy (non-hydrogen) atoms. The van der Waals surface area contributed by atoms with Crippen LogP contribution in [-0.4, -0.2) is 17.6 Å². The Labute approximate surface area is 76.4 Å². The van der Waals surface area contributed by atoms with Gasteiger partial charge in [0, 0.05) is 18.7 Å². The van der Waals surface area contributed by atoms with Gasteiger partial charge in [0.2, 0.25) is 0 Å². The molecular formula is C10H11NO2. The Bertz CT molecular complexity index is 347. The van der Waals surface area contributed by atoms with Crippen molar-refractivity contribution in [2.24, 2.45) is 0 Å². The molecule has 0 unspecified atom stereocenters. The lowest BCUT2D eigenvalue weighted by atomic mass is 10.0. The number of fused-ring (bicyclic) bond motifs is 1. The van der Waals surface area contributed by atoms with Gasteiger partial charge in [-0.2, -0.15) is 0 Å². The van der Waals surface area contributed by atoms with Crippen molar-refractivity contribution in [2.45, 2.75) is 13.0 Å². The fraction of sp³-hybridized carbons (Fsp3) is 0.300. The maximum atomic E-state index is 11.2. The summed E-state index contributed by atoms with van der Waals surface area (Å²) in [5.41, 5.74) is 2.82. The first-order valence-electron chi connectivity index (χ1n) is 4.32. The molecule has 1 aromatic rings. The number of carbonyl (C=O) groups excluding carboxylic acids is 1. The Hall–Kier alpha value is -1.35. The molecule has 3 nitrogen and oxygen atoms in total. The molecule has 1 amide bonds. The fourth-order valence-corrected chi connectivity index (χ4v) is 1.54. The van der Waals surface area contributed by atoms with E-state index in [9.17, 15) is 4.79 Å². The van der Waals surface area contributed by atoms with Crippen LogP contribution in [0.15, 0.2) is 18.2 Å². The van der Waals surface area contributed by atoms with Crippen molar-refractivity contribution < 1.29 is 9.90 Å². The Morgan fingerprint density at radius 2 is 2.31 bits per heavy atom. The Balaban J connectivity index is 2.36. The Kier molecular flexibility index (Phi) is 2.02. The molecule has 0 saturated heterocycles. The van der Waals surface area contributed by atoms with Crippen LogP contribution in [0.2, 0.25) is 0 Å².